The Bertz CT molecular complexity index is 706. The van der Waals surface area contributed by atoms with Crippen LogP contribution in [0.15, 0.2) is 39.4 Å². The van der Waals surface area contributed by atoms with Gasteiger partial charge in [-0.1, -0.05) is 6.07 Å². The first-order chi connectivity index (χ1) is 10.9. The Balaban J connectivity index is 1.83. The minimum Gasteiger partial charge on any atom is -0.361 e. The Kier molecular flexibility index (Phi) is 3.68. The number of hydrogen-bond acceptors (Lipinski definition) is 3. The highest BCUT2D eigenvalue weighted by Gasteiger charge is 2.39. The van der Waals surface area contributed by atoms with Crippen LogP contribution in [-0.4, -0.2) is 11.5 Å². The first-order valence-corrected chi connectivity index (χ1v) is 9.27. The van der Waals surface area contributed by atoms with E-state index in [9.17, 15) is 17.6 Å². The third-order valence-electron chi connectivity index (χ3n) is 4.27. The van der Waals surface area contributed by atoms with Gasteiger partial charge in [-0.25, -0.2) is 4.39 Å². The fourth-order valence-corrected chi connectivity index (χ4v) is 5.88. The SMILES string of the molecule is Fc1ccc(C2C3=C(CCS3)NC3=C2SCC3)cc1C(F)(F)F. The summed E-state index contributed by atoms with van der Waals surface area (Å²) in [5, 5.41) is 3.45. The number of alkyl halides is 3. The number of thioether (sulfide) groups is 2. The Labute approximate surface area is 139 Å². The predicted octanol–water partition coefficient (Wildman–Crippen LogP) is 5.23. The molecule has 0 unspecified atom stereocenters. The van der Waals surface area contributed by atoms with Gasteiger partial charge in [-0.05, 0) is 30.5 Å². The normalized spacial score (nSPS) is 21.6. The molecule has 1 N–H and O–H groups in total. The van der Waals surface area contributed by atoms with Crippen molar-refractivity contribution in [3.8, 4) is 0 Å². The topological polar surface area (TPSA) is 12.0 Å². The fourth-order valence-electron chi connectivity index (χ4n) is 3.25. The highest BCUT2D eigenvalue weighted by molar-refractivity contribution is 8.04. The predicted molar refractivity (Wildman–Crippen MR) is 85.5 cm³/mol. The summed E-state index contributed by atoms with van der Waals surface area (Å²) in [4.78, 5) is 2.19. The summed E-state index contributed by atoms with van der Waals surface area (Å²) in [7, 11) is 0. The molecule has 1 aromatic rings. The highest BCUT2D eigenvalue weighted by Crippen LogP contribution is 2.54. The first-order valence-electron chi connectivity index (χ1n) is 7.30. The van der Waals surface area contributed by atoms with Crippen molar-refractivity contribution in [3.63, 3.8) is 0 Å². The van der Waals surface area contributed by atoms with Crippen molar-refractivity contribution in [2.45, 2.75) is 24.9 Å². The van der Waals surface area contributed by atoms with Crippen LogP contribution < -0.4 is 5.32 Å². The van der Waals surface area contributed by atoms with Gasteiger partial charge in [-0.3, -0.25) is 0 Å². The molecule has 122 valence electrons. The van der Waals surface area contributed by atoms with E-state index in [-0.39, 0.29) is 5.92 Å². The molecule has 3 aliphatic heterocycles. The molecular formula is C16H13F4NS2. The lowest BCUT2D eigenvalue weighted by Gasteiger charge is -2.28. The summed E-state index contributed by atoms with van der Waals surface area (Å²) in [5.41, 5.74) is 1.60. The largest absolute Gasteiger partial charge is 0.419 e. The first kappa shape index (κ1) is 15.4. The molecule has 4 rings (SSSR count). The molecule has 7 heteroatoms. The van der Waals surface area contributed by atoms with E-state index in [2.05, 4.69) is 5.32 Å². The lowest BCUT2D eigenvalue weighted by atomic mass is 9.91. The van der Waals surface area contributed by atoms with Gasteiger partial charge < -0.3 is 5.32 Å². The molecule has 23 heavy (non-hydrogen) atoms. The Morgan fingerprint density at radius 2 is 1.61 bits per heavy atom. The summed E-state index contributed by atoms with van der Waals surface area (Å²) < 4.78 is 52.7. The summed E-state index contributed by atoms with van der Waals surface area (Å²) in [6.07, 6.45) is -2.86. The van der Waals surface area contributed by atoms with E-state index in [1.165, 1.54) is 6.07 Å². The molecule has 0 spiro atoms. The quantitative estimate of drug-likeness (QED) is 0.690. The second-order valence-electron chi connectivity index (χ2n) is 5.68. The van der Waals surface area contributed by atoms with Crippen molar-refractivity contribution in [1.29, 1.82) is 0 Å². The molecule has 0 atom stereocenters. The molecule has 1 aromatic carbocycles. The molecule has 0 amide bonds. The average molecular weight is 359 g/mol. The van der Waals surface area contributed by atoms with Crippen molar-refractivity contribution in [2.75, 3.05) is 11.5 Å². The standard InChI is InChI=1S/C16H13F4NS2/c17-10-2-1-8(7-9(10)16(18,19)20)13-14-11(3-5-22-14)21-12-4-6-23-15(12)13/h1-2,7,13,21H,3-6H2. The zero-order valence-corrected chi connectivity index (χ0v) is 13.6. The van der Waals surface area contributed by atoms with E-state index >= 15 is 0 Å². The van der Waals surface area contributed by atoms with Crippen LogP contribution in [0.2, 0.25) is 0 Å². The zero-order valence-electron chi connectivity index (χ0n) is 12.0. The van der Waals surface area contributed by atoms with E-state index < -0.39 is 17.6 Å². The van der Waals surface area contributed by atoms with Crippen molar-refractivity contribution in [3.05, 3.63) is 56.3 Å². The van der Waals surface area contributed by atoms with Crippen LogP contribution in [0.4, 0.5) is 17.6 Å². The molecule has 0 saturated heterocycles. The van der Waals surface area contributed by atoms with Gasteiger partial charge in [-0.15, -0.1) is 23.5 Å². The Hall–Kier alpha value is -1.08. The van der Waals surface area contributed by atoms with Crippen LogP contribution in [0.3, 0.4) is 0 Å². The maximum absolute atomic E-state index is 13.6. The second-order valence-corrected chi connectivity index (χ2v) is 7.95. The van der Waals surface area contributed by atoms with E-state index in [0.29, 0.717) is 5.56 Å². The van der Waals surface area contributed by atoms with Gasteiger partial charge in [0.2, 0.25) is 0 Å². The molecule has 0 aromatic heterocycles. The smallest absolute Gasteiger partial charge is 0.361 e. The van der Waals surface area contributed by atoms with Gasteiger partial charge in [0, 0.05) is 38.6 Å². The summed E-state index contributed by atoms with van der Waals surface area (Å²) in [6, 6.07) is 3.42. The number of nitrogens with one attached hydrogen (secondary N) is 1. The molecule has 0 saturated carbocycles. The molecule has 0 bridgehead atoms. The van der Waals surface area contributed by atoms with Gasteiger partial charge in [-0.2, -0.15) is 13.2 Å². The minimum absolute atomic E-state index is 0.178. The fraction of sp³-hybridized carbons (Fsp3) is 0.375. The summed E-state index contributed by atoms with van der Waals surface area (Å²) in [5.74, 6) is 0.485. The van der Waals surface area contributed by atoms with Crippen LogP contribution in [-0.2, 0) is 6.18 Å². The molecule has 0 radical (unpaired) electrons. The highest BCUT2D eigenvalue weighted by atomic mass is 32.2. The molecule has 0 aliphatic carbocycles. The van der Waals surface area contributed by atoms with Crippen LogP contribution in [0.1, 0.15) is 29.9 Å². The minimum atomic E-state index is -4.67. The van der Waals surface area contributed by atoms with Gasteiger partial charge in [0.1, 0.15) is 5.82 Å². The van der Waals surface area contributed by atoms with Gasteiger partial charge in [0.25, 0.3) is 0 Å². The maximum Gasteiger partial charge on any atom is 0.419 e. The molecular weight excluding hydrogens is 346 g/mol. The summed E-state index contributed by atoms with van der Waals surface area (Å²) >= 11 is 3.38. The van der Waals surface area contributed by atoms with Crippen LogP contribution in [0.5, 0.6) is 0 Å². The van der Waals surface area contributed by atoms with Crippen LogP contribution in [0.25, 0.3) is 0 Å². The molecule has 3 heterocycles. The van der Waals surface area contributed by atoms with E-state index in [4.69, 9.17) is 0 Å². The lowest BCUT2D eigenvalue weighted by Crippen LogP contribution is -2.21. The third-order valence-corrected chi connectivity index (χ3v) is 6.67. The van der Waals surface area contributed by atoms with E-state index in [0.717, 1.165) is 57.7 Å². The summed E-state index contributed by atoms with van der Waals surface area (Å²) in [6.45, 7) is 0. The Morgan fingerprint density at radius 3 is 2.17 bits per heavy atom. The number of allylic oxidation sites excluding steroid dienone is 4. The maximum atomic E-state index is 13.6. The second kappa shape index (κ2) is 5.48. The number of benzene rings is 1. The van der Waals surface area contributed by atoms with Gasteiger partial charge >= 0.3 is 6.18 Å². The van der Waals surface area contributed by atoms with E-state index in [1.54, 1.807) is 23.5 Å². The zero-order chi connectivity index (χ0) is 16.2. The van der Waals surface area contributed by atoms with Crippen molar-refractivity contribution >= 4 is 23.5 Å². The third kappa shape index (κ3) is 2.58. The van der Waals surface area contributed by atoms with Gasteiger partial charge in [0.05, 0.1) is 5.56 Å². The average Bonchev–Trinajstić information content (AvgIpc) is 3.12. The molecule has 3 aliphatic rings. The number of halogens is 4. The van der Waals surface area contributed by atoms with Crippen LogP contribution >= 0.6 is 23.5 Å². The van der Waals surface area contributed by atoms with E-state index in [1.807, 2.05) is 0 Å². The Morgan fingerprint density at radius 1 is 1.00 bits per heavy atom. The van der Waals surface area contributed by atoms with Crippen molar-refractivity contribution in [2.24, 2.45) is 0 Å². The molecule has 0 fully saturated rings. The van der Waals surface area contributed by atoms with Gasteiger partial charge in [0.15, 0.2) is 0 Å². The monoisotopic (exact) mass is 359 g/mol. The number of hydrogen-bond donors (Lipinski definition) is 1. The number of dihydropyridines is 1. The van der Waals surface area contributed by atoms with Crippen LogP contribution in [0, 0.1) is 5.82 Å². The lowest BCUT2D eigenvalue weighted by molar-refractivity contribution is -0.140. The number of rotatable bonds is 1. The van der Waals surface area contributed by atoms with Crippen molar-refractivity contribution < 1.29 is 17.6 Å². The van der Waals surface area contributed by atoms with Crippen molar-refractivity contribution in [1.82, 2.24) is 5.32 Å². The molecule has 1 nitrogen and oxygen atoms in total.